The standard InChI is InChI=1S/C10H13N3O3/c14-9(15)8-3-2-7(16-8)6-13-10-11-4-1-5-12-10/h1,4-5,7-8H,2-3,6H2,(H,14,15)(H,11,12,13). The Labute approximate surface area is 92.7 Å². The number of anilines is 1. The van der Waals surface area contributed by atoms with Crippen molar-refractivity contribution >= 4 is 11.9 Å². The van der Waals surface area contributed by atoms with Crippen LogP contribution in [-0.4, -0.2) is 39.8 Å². The first kappa shape index (κ1) is 10.8. The summed E-state index contributed by atoms with van der Waals surface area (Å²) >= 11 is 0. The first-order chi connectivity index (χ1) is 7.75. The van der Waals surface area contributed by atoms with E-state index in [1.165, 1.54) is 0 Å². The molecule has 0 saturated carbocycles. The van der Waals surface area contributed by atoms with Crippen LogP contribution < -0.4 is 5.32 Å². The van der Waals surface area contributed by atoms with E-state index in [9.17, 15) is 4.79 Å². The summed E-state index contributed by atoms with van der Waals surface area (Å²) in [5.41, 5.74) is 0. The molecule has 0 radical (unpaired) electrons. The summed E-state index contributed by atoms with van der Waals surface area (Å²) in [6, 6.07) is 1.73. The van der Waals surface area contributed by atoms with Gasteiger partial charge >= 0.3 is 5.97 Å². The lowest BCUT2D eigenvalue weighted by molar-refractivity contribution is -0.149. The monoisotopic (exact) mass is 223 g/mol. The fourth-order valence-electron chi connectivity index (χ4n) is 1.63. The van der Waals surface area contributed by atoms with E-state index in [0.29, 0.717) is 18.9 Å². The lowest BCUT2D eigenvalue weighted by atomic mass is 10.2. The Hall–Kier alpha value is -1.69. The summed E-state index contributed by atoms with van der Waals surface area (Å²) in [7, 11) is 0. The molecule has 1 aromatic heterocycles. The molecule has 6 nitrogen and oxygen atoms in total. The Bertz CT molecular complexity index is 358. The zero-order valence-corrected chi connectivity index (χ0v) is 8.67. The van der Waals surface area contributed by atoms with Crippen molar-refractivity contribution in [3.05, 3.63) is 18.5 Å². The summed E-state index contributed by atoms with van der Waals surface area (Å²) in [5.74, 6) is -0.358. The highest BCUT2D eigenvalue weighted by atomic mass is 16.5. The second-order valence-electron chi connectivity index (χ2n) is 3.62. The van der Waals surface area contributed by atoms with E-state index >= 15 is 0 Å². The molecule has 2 N–H and O–H groups in total. The molecule has 2 atom stereocenters. The van der Waals surface area contributed by atoms with Gasteiger partial charge in [0.1, 0.15) is 0 Å². The summed E-state index contributed by atoms with van der Waals surface area (Å²) in [6.07, 6.45) is 3.86. The Balaban J connectivity index is 1.78. The molecule has 0 spiro atoms. The summed E-state index contributed by atoms with van der Waals surface area (Å²) in [6.45, 7) is 0.536. The van der Waals surface area contributed by atoms with Crippen LogP contribution in [-0.2, 0) is 9.53 Å². The lowest BCUT2D eigenvalue weighted by Gasteiger charge is -2.11. The van der Waals surface area contributed by atoms with Gasteiger partial charge in [-0.05, 0) is 18.9 Å². The molecule has 0 bridgehead atoms. The number of ether oxygens (including phenoxy) is 1. The van der Waals surface area contributed by atoms with Gasteiger partial charge in [-0.2, -0.15) is 0 Å². The Kier molecular flexibility index (Phi) is 3.31. The van der Waals surface area contributed by atoms with Crippen molar-refractivity contribution in [1.82, 2.24) is 9.97 Å². The molecule has 0 amide bonds. The van der Waals surface area contributed by atoms with Gasteiger partial charge in [0.05, 0.1) is 6.10 Å². The molecule has 2 unspecified atom stereocenters. The second-order valence-corrected chi connectivity index (χ2v) is 3.62. The smallest absolute Gasteiger partial charge is 0.332 e. The van der Waals surface area contributed by atoms with E-state index in [0.717, 1.165) is 6.42 Å². The first-order valence-corrected chi connectivity index (χ1v) is 5.15. The van der Waals surface area contributed by atoms with E-state index in [4.69, 9.17) is 9.84 Å². The minimum Gasteiger partial charge on any atom is -0.479 e. The van der Waals surface area contributed by atoms with Crippen molar-refractivity contribution in [3.8, 4) is 0 Å². The van der Waals surface area contributed by atoms with Crippen LogP contribution >= 0.6 is 0 Å². The second kappa shape index (κ2) is 4.89. The highest BCUT2D eigenvalue weighted by Gasteiger charge is 2.30. The average molecular weight is 223 g/mol. The fourth-order valence-corrected chi connectivity index (χ4v) is 1.63. The van der Waals surface area contributed by atoms with Gasteiger partial charge in [0.25, 0.3) is 0 Å². The average Bonchev–Trinajstić information content (AvgIpc) is 2.76. The maximum absolute atomic E-state index is 10.7. The third-order valence-electron chi connectivity index (χ3n) is 2.44. The zero-order valence-electron chi connectivity index (χ0n) is 8.67. The van der Waals surface area contributed by atoms with Crippen LogP contribution in [0, 0.1) is 0 Å². The minimum atomic E-state index is -0.890. The molecular formula is C10H13N3O3. The van der Waals surface area contributed by atoms with Crippen molar-refractivity contribution in [2.45, 2.75) is 25.0 Å². The van der Waals surface area contributed by atoms with Crippen LogP contribution in [0.5, 0.6) is 0 Å². The number of hydrogen-bond donors (Lipinski definition) is 2. The first-order valence-electron chi connectivity index (χ1n) is 5.15. The molecule has 6 heteroatoms. The third kappa shape index (κ3) is 2.66. The SMILES string of the molecule is O=C(O)C1CCC(CNc2ncccn2)O1. The van der Waals surface area contributed by atoms with Crippen LogP contribution in [0.4, 0.5) is 5.95 Å². The van der Waals surface area contributed by atoms with Crippen molar-refractivity contribution < 1.29 is 14.6 Å². The van der Waals surface area contributed by atoms with Gasteiger partial charge in [-0.25, -0.2) is 14.8 Å². The number of hydrogen-bond acceptors (Lipinski definition) is 5. The van der Waals surface area contributed by atoms with Gasteiger partial charge in [0, 0.05) is 18.9 Å². The number of aliphatic carboxylic acids is 1. The molecule has 86 valence electrons. The van der Waals surface area contributed by atoms with E-state index in [-0.39, 0.29) is 6.10 Å². The minimum absolute atomic E-state index is 0.0788. The maximum atomic E-state index is 10.7. The zero-order chi connectivity index (χ0) is 11.4. The van der Waals surface area contributed by atoms with Gasteiger partial charge in [0.2, 0.25) is 5.95 Å². The van der Waals surface area contributed by atoms with Crippen LogP contribution in [0.3, 0.4) is 0 Å². The van der Waals surface area contributed by atoms with Gasteiger partial charge in [-0.1, -0.05) is 0 Å². The molecule has 1 fully saturated rings. The Morgan fingerprint density at radius 2 is 2.25 bits per heavy atom. The van der Waals surface area contributed by atoms with E-state index in [1.54, 1.807) is 18.5 Å². The Morgan fingerprint density at radius 1 is 1.50 bits per heavy atom. The number of carbonyl (C=O) groups is 1. The van der Waals surface area contributed by atoms with Gasteiger partial charge in [-0.3, -0.25) is 0 Å². The van der Waals surface area contributed by atoms with Crippen molar-refractivity contribution in [1.29, 1.82) is 0 Å². The number of aromatic nitrogens is 2. The van der Waals surface area contributed by atoms with E-state index in [2.05, 4.69) is 15.3 Å². The van der Waals surface area contributed by atoms with Crippen LogP contribution in [0.1, 0.15) is 12.8 Å². The maximum Gasteiger partial charge on any atom is 0.332 e. The topological polar surface area (TPSA) is 84.3 Å². The fraction of sp³-hybridized carbons (Fsp3) is 0.500. The summed E-state index contributed by atoms with van der Waals surface area (Å²) in [4.78, 5) is 18.7. The highest BCUT2D eigenvalue weighted by Crippen LogP contribution is 2.19. The Morgan fingerprint density at radius 3 is 2.88 bits per heavy atom. The molecule has 2 heterocycles. The number of carboxylic acids is 1. The van der Waals surface area contributed by atoms with Gasteiger partial charge < -0.3 is 15.2 Å². The number of carboxylic acid groups (broad SMARTS) is 1. The molecule has 2 rings (SSSR count). The summed E-state index contributed by atoms with van der Waals surface area (Å²) in [5, 5.41) is 11.8. The highest BCUT2D eigenvalue weighted by molar-refractivity contribution is 5.72. The predicted octanol–water partition coefficient (Wildman–Crippen LogP) is 0.521. The predicted molar refractivity (Wildman–Crippen MR) is 56.1 cm³/mol. The summed E-state index contributed by atoms with van der Waals surface area (Å²) < 4.78 is 5.33. The van der Waals surface area contributed by atoms with E-state index < -0.39 is 12.1 Å². The largest absolute Gasteiger partial charge is 0.479 e. The van der Waals surface area contributed by atoms with Crippen molar-refractivity contribution in [3.63, 3.8) is 0 Å². The molecular weight excluding hydrogens is 210 g/mol. The molecule has 1 aromatic rings. The molecule has 16 heavy (non-hydrogen) atoms. The molecule has 1 saturated heterocycles. The van der Waals surface area contributed by atoms with Gasteiger partial charge in [0.15, 0.2) is 6.10 Å². The van der Waals surface area contributed by atoms with Crippen LogP contribution in [0.2, 0.25) is 0 Å². The molecule has 0 aromatic carbocycles. The number of nitrogens with one attached hydrogen (secondary N) is 1. The number of nitrogens with zero attached hydrogens (tertiary/aromatic N) is 2. The normalized spacial score (nSPS) is 24.2. The van der Waals surface area contributed by atoms with Crippen LogP contribution in [0.15, 0.2) is 18.5 Å². The quantitative estimate of drug-likeness (QED) is 0.774. The van der Waals surface area contributed by atoms with Gasteiger partial charge in [-0.15, -0.1) is 0 Å². The van der Waals surface area contributed by atoms with Crippen molar-refractivity contribution in [2.75, 3.05) is 11.9 Å². The third-order valence-corrected chi connectivity index (χ3v) is 2.44. The molecule has 1 aliphatic heterocycles. The van der Waals surface area contributed by atoms with Crippen molar-refractivity contribution in [2.24, 2.45) is 0 Å². The van der Waals surface area contributed by atoms with Crippen LogP contribution in [0.25, 0.3) is 0 Å². The number of rotatable bonds is 4. The molecule has 1 aliphatic rings. The molecule has 0 aliphatic carbocycles. The lowest BCUT2D eigenvalue weighted by Crippen LogP contribution is -2.24. The van der Waals surface area contributed by atoms with E-state index in [1.807, 2.05) is 0 Å².